The van der Waals surface area contributed by atoms with Gasteiger partial charge in [-0.25, -0.2) is 0 Å². The molecule has 2 heterocycles. The lowest BCUT2D eigenvalue weighted by Gasteiger charge is -2.36. The molecule has 2 aromatic carbocycles. The second-order valence-electron chi connectivity index (χ2n) is 7.67. The molecule has 2 aliphatic heterocycles. The van der Waals surface area contributed by atoms with E-state index < -0.39 is 0 Å². The predicted octanol–water partition coefficient (Wildman–Crippen LogP) is 1.96. The molecule has 4 rings (SSSR count). The molecule has 0 aliphatic carbocycles. The number of carbonyl (C=O) groups is 3. The Labute approximate surface area is 175 Å². The number of fused-ring (bicyclic) bond motifs is 1. The molecule has 1 N–H and O–H groups in total. The summed E-state index contributed by atoms with van der Waals surface area (Å²) in [6.07, 6.45) is 1.63. The number of ether oxygens (including phenoxy) is 1. The zero-order valence-electron chi connectivity index (χ0n) is 17.0. The first-order valence-corrected chi connectivity index (χ1v) is 10.1. The van der Waals surface area contributed by atoms with E-state index >= 15 is 0 Å². The Morgan fingerprint density at radius 1 is 1.07 bits per heavy atom. The lowest BCUT2D eigenvalue weighted by atomic mass is 10.1. The fourth-order valence-corrected chi connectivity index (χ4v) is 4.01. The second-order valence-corrected chi connectivity index (χ2v) is 7.67. The van der Waals surface area contributed by atoms with E-state index in [-0.39, 0.29) is 30.3 Å². The lowest BCUT2D eigenvalue weighted by Crippen LogP contribution is -2.56. The van der Waals surface area contributed by atoms with Gasteiger partial charge in [0.05, 0.1) is 7.11 Å². The number of hydrogen-bond donors (Lipinski definition) is 1. The zero-order chi connectivity index (χ0) is 21.1. The van der Waals surface area contributed by atoms with Crippen LogP contribution >= 0.6 is 0 Å². The third kappa shape index (κ3) is 4.15. The molecule has 0 radical (unpaired) electrons. The summed E-state index contributed by atoms with van der Waals surface area (Å²) in [6.45, 7) is 1.61. The molecule has 3 amide bonds. The van der Waals surface area contributed by atoms with Crippen molar-refractivity contribution in [2.24, 2.45) is 0 Å². The maximum atomic E-state index is 12.7. The highest BCUT2D eigenvalue weighted by Crippen LogP contribution is 2.24. The Morgan fingerprint density at radius 2 is 1.77 bits per heavy atom. The standard InChI is InChI=1S/C23H25N3O4/c1-30-19-10-6-16(7-11-19)13-24-22(28)18-8-4-17(5-9-18)14-25-15-21(27)26-12-2-3-20(26)23(25)29/h4-11,20H,2-3,12-15H2,1H3,(H,24,28)/t20-/m0/s1. The van der Waals surface area contributed by atoms with E-state index in [2.05, 4.69) is 5.32 Å². The van der Waals surface area contributed by atoms with Gasteiger partial charge in [0.25, 0.3) is 5.91 Å². The summed E-state index contributed by atoms with van der Waals surface area (Å²) in [6, 6.07) is 14.4. The molecule has 30 heavy (non-hydrogen) atoms. The largest absolute Gasteiger partial charge is 0.497 e. The van der Waals surface area contributed by atoms with E-state index in [0.717, 1.165) is 29.7 Å². The fraction of sp³-hybridized carbons (Fsp3) is 0.348. The van der Waals surface area contributed by atoms with E-state index in [9.17, 15) is 14.4 Å². The summed E-state index contributed by atoms with van der Waals surface area (Å²) in [5.41, 5.74) is 2.43. The van der Waals surface area contributed by atoms with Crippen molar-refractivity contribution in [3.63, 3.8) is 0 Å². The van der Waals surface area contributed by atoms with Crippen molar-refractivity contribution in [1.29, 1.82) is 0 Å². The van der Waals surface area contributed by atoms with Crippen molar-refractivity contribution in [2.45, 2.75) is 32.0 Å². The average Bonchev–Trinajstić information content (AvgIpc) is 3.27. The summed E-state index contributed by atoms with van der Waals surface area (Å²) in [7, 11) is 1.61. The van der Waals surface area contributed by atoms with Crippen molar-refractivity contribution in [1.82, 2.24) is 15.1 Å². The zero-order valence-corrected chi connectivity index (χ0v) is 17.0. The van der Waals surface area contributed by atoms with Gasteiger partial charge in [0, 0.05) is 25.2 Å². The van der Waals surface area contributed by atoms with Crippen LogP contribution in [0.1, 0.15) is 34.3 Å². The van der Waals surface area contributed by atoms with Gasteiger partial charge >= 0.3 is 0 Å². The van der Waals surface area contributed by atoms with Crippen molar-refractivity contribution in [2.75, 3.05) is 20.2 Å². The van der Waals surface area contributed by atoms with Gasteiger partial charge < -0.3 is 19.9 Å². The van der Waals surface area contributed by atoms with Gasteiger partial charge in [-0.1, -0.05) is 24.3 Å². The lowest BCUT2D eigenvalue weighted by molar-refractivity contribution is -0.154. The van der Waals surface area contributed by atoms with Crippen LogP contribution in [0.3, 0.4) is 0 Å². The minimum absolute atomic E-state index is 0.0200. The summed E-state index contributed by atoms with van der Waals surface area (Å²) >= 11 is 0. The van der Waals surface area contributed by atoms with Crippen molar-refractivity contribution in [3.05, 3.63) is 65.2 Å². The molecule has 0 aromatic heterocycles. The Hall–Kier alpha value is -3.35. The van der Waals surface area contributed by atoms with Crippen LogP contribution in [0.4, 0.5) is 0 Å². The van der Waals surface area contributed by atoms with Gasteiger partial charge in [-0.15, -0.1) is 0 Å². The highest BCUT2D eigenvalue weighted by Gasteiger charge is 2.41. The molecule has 156 valence electrons. The van der Waals surface area contributed by atoms with Crippen molar-refractivity contribution in [3.8, 4) is 5.75 Å². The molecule has 0 spiro atoms. The number of methoxy groups -OCH3 is 1. The number of carbonyl (C=O) groups excluding carboxylic acids is 3. The van der Waals surface area contributed by atoms with Crippen LogP contribution in [0, 0.1) is 0 Å². The van der Waals surface area contributed by atoms with Crippen LogP contribution in [0.5, 0.6) is 5.75 Å². The van der Waals surface area contributed by atoms with Crippen LogP contribution in [0.2, 0.25) is 0 Å². The number of nitrogens with one attached hydrogen (secondary N) is 1. The minimum Gasteiger partial charge on any atom is -0.497 e. The summed E-state index contributed by atoms with van der Waals surface area (Å²) in [5, 5.41) is 2.90. The molecular formula is C23H25N3O4. The Bertz CT molecular complexity index is 940. The first kappa shape index (κ1) is 19.9. The molecule has 1 atom stereocenters. The second kappa shape index (κ2) is 8.57. The first-order valence-electron chi connectivity index (χ1n) is 10.1. The van der Waals surface area contributed by atoms with Gasteiger partial charge in [0.15, 0.2) is 0 Å². The highest BCUT2D eigenvalue weighted by molar-refractivity contribution is 5.95. The topological polar surface area (TPSA) is 79.0 Å². The van der Waals surface area contributed by atoms with Gasteiger partial charge in [-0.2, -0.15) is 0 Å². The van der Waals surface area contributed by atoms with Gasteiger partial charge in [-0.05, 0) is 48.2 Å². The molecule has 0 unspecified atom stereocenters. The minimum atomic E-state index is -0.297. The quantitative estimate of drug-likeness (QED) is 0.794. The van der Waals surface area contributed by atoms with E-state index in [4.69, 9.17) is 4.74 Å². The smallest absolute Gasteiger partial charge is 0.251 e. The number of nitrogens with zero attached hydrogens (tertiary/aromatic N) is 2. The maximum absolute atomic E-state index is 12.7. The fourth-order valence-electron chi connectivity index (χ4n) is 4.01. The molecule has 2 aromatic rings. The molecular weight excluding hydrogens is 382 g/mol. The van der Waals surface area contributed by atoms with Gasteiger partial charge in [-0.3, -0.25) is 14.4 Å². The summed E-state index contributed by atoms with van der Waals surface area (Å²) < 4.78 is 5.13. The van der Waals surface area contributed by atoms with Crippen LogP contribution in [0.15, 0.2) is 48.5 Å². The van der Waals surface area contributed by atoms with E-state index in [1.165, 1.54) is 0 Å². The molecule has 2 fully saturated rings. The number of amides is 3. The Kier molecular flexibility index (Phi) is 5.70. The molecule has 7 nitrogen and oxygen atoms in total. The monoisotopic (exact) mass is 407 g/mol. The number of hydrogen-bond acceptors (Lipinski definition) is 4. The van der Waals surface area contributed by atoms with E-state index in [0.29, 0.717) is 25.2 Å². The molecule has 2 aliphatic rings. The predicted molar refractivity (Wildman–Crippen MR) is 111 cm³/mol. The molecule has 7 heteroatoms. The van der Waals surface area contributed by atoms with Gasteiger partial charge in [0.1, 0.15) is 18.3 Å². The van der Waals surface area contributed by atoms with Crippen LogP contribution in [0.25, 0.3) is 0 Å². The van der Waals surface area contributed by atoms with Crippen LogP contribution in [-0.4, -0.2) is 53.8 Å². The average molecular weight is 407 g/mol. The Morgan fingerprint density at radius 3 is 2.47 bits per heavy atom. The number of rotatable bonds is 6. The highest BCUT2D eigenvalue weighted by atomic mass is 16.5. The van der Waals surface area contributed by atoms with Crippen molar-refractivity contribution < 1.29 is 19.1 Å². The molecule has 0 saturated carbocycles. The maximum Gasteiger partial charge on any atom is 0.251 e. The number of benzene rings is 2. The summed E-state index contributed by atoms with van der Waals surface area (Å²) in [5.74, 6) is 0.651. The van der Waals surface area contributed by atoms with E-state index in [1.54, 1.807) is 29.0 Å². The third-order valence-electron chi connectivity index (χ3n) is 5.70. The van der Waals surface area contributed by atoms with Crippen LogP contribution < -0.4 is 10.1 Å². The molecule has 0 bridgehead atoms. The first-order chi connectivity index (χ1) is 14.5. The van der Waals surface area contributed by atoms with Crippen molar-refractivity contribution >= 4 is 17.7 Å². The normalized spacial score (nSPS) is 18.4. The third-order valence-corrected chi connectivity index (χ3v) is 5.70. The number of piperazine rings is 1. The summed E-state index contributed by atoms with van der Waals surface area (Å²) in [4.78, 5) is 40.6. The Balaban J connectivity index is 1.33. The van der Waals surface area contributed by atoms with E-state index in [1.807, 2.05) is 36.4 Å². The van der Waals surface area contributed by atoms with Crippen LogP contribution in [-0.2, 0) is 22.7 Å². The molecule has 2 saturated heterocycles. The van der Waals surface area contributed by atoms with Gasteiger partial charge in [0.2, 0.25) is 11.8 Å². The SMILES string of the molecule is COc1ccc(CNC(=O)c2ccc(CN3CC(=O)N4CCC[C@H]4C3=O)cc2)cc1.